The van der Waals surface area contributed by atoms with Crippen LogP contribution in [0.15, 0.2) is 12.4 Å². The highest BCUT2D eigenvalue weighted by molar-refractivity contribution is 4.93. The molecule has 1 atom stereocenters. The van der Waals surface area contributed by atoms with Gasteiger partial charge in [0.25, 0.3) is 0 Å². The Kier molecular flexibility index (Phi) is 4.34. The van der Waals surface area contributed by atoms with E-state index in [1.807, 2.05) is 19.4 Å². The molecule has 98 valence electrons. The SMILES string of the molecule is C[C@@H]1CN(CCC#N)CCN1Cc1nccn1C. The van der Waals surface area contributed by atoms with Crippen molar-refractivity contribution in [1.29, 1.82) is 5.26 Å². The maximum absolute atomic E-state index is 8.62. The van der Waals surface area contributed by atoms with Crippen molar-refractivity contribution in [2.75, 3.05) is 26.2 Å². The lowest BCUT2D eigenvalue weighted by atomic mass is 10.2. The van der Waals surface area contributed by atoms with Gasteiger partial charge in [0.1, 0.15) is 5.82 Å². The third-order valence-corrected chi connectivity index (χ3v) is 3.65. The predicted octanol–water partition coefficient (Wildman–Crippen LogP) is 0.840. The Morgan fingerprint density at radius 2 is 2.33 bits per heavy atom. The van der Waals surface area contributed by atoms with E-state index in [1.54, 1.807) is 0 Å². The Labute approximate surface area is 109 Å². The Hall–Kier alpha value is -1.38. The minimum absolute atomic E-state index is 0.522. The van der Waals surface area contributed by atoms with Gasteiger partial charge in [-0.05, 0) is 6.92 Å². The van der Waals surface area contributed by atoms with Crippen molar-refractivity contribution in [2.24, 2.45) is 7.05 Å². The molecule has 0 saturated carbocycles. The van der Waals surface area contributed by atoms with Gasteiger partial charge in [-0.15, -0.1) is 0 Å². The van der Waals surface area contributed by atoms with Gasteiger partial charge in [0.2, 0.25) is 0 Å². The van der Waals surface area contributed by atoms with E-state index in [0.29, 0.717) is 12.5 Å². The molecule has 0 amide bonds. The molecule has 0 bridgehead atoms. The number of imidazole rings is 1. The van der Waals surface area contributed by atoms with Crippen LogP contribution in [0, 0.1) is 11.3 Å². The maximum Gasteiger partial charge on any atom is 0.122 e. The number of nitrogens with zero attached hydrogens (tertiary/aromatic N) is 5. The van der Waals surface area contributed by atoms with Gasteiger partial charge < -0.3 is 4.57 Å². The molecule has 18 heavy (non-hydrogen) atoms. The van der Waals surface area contributed by atoms with Crippen molar-refractivity contribution in [3.8, 4) is 6.07 Å². The standard InChI is InChI=1S/C13H21N5/c1-12-10-17(6-3-4-14)8-9-18(12)11-13-15-5-7-16(13)2/h5,7,12H,3,6,8-11H2,1-2H3/t12-/m1/s1. The van der Waals surface area contributed by atoms with Gasteiger partial charge in [-0.3, -0.25) is 9.80 Å². The summed E-state index contributed by atoms with van der Waals surface area (Å²) in [7, 11) is 2.04. The number of rotatable bonds is 4. The smallest absolute Gasteiger partial charge is 0.122 e. The van der Waals surface area contributed by atoms with Crippen LogP contribution in [-0.4, -0.2) is 51.6 Å². The lowest BCUT2D eigenvalue weighted by Gasteiger charge is -2.39. The van der Waals surface area contributed by atoms with Crippen molar-refractivity contribution in [1.82, 2.24) is 19.4 Å². The van der Waals surface area contributed by atoms with Crippen LogP contribution >= 0.6 is 0 Å². The second-order valence-corrected chi connectivity index (χ2v) is 4.98. The van der Waals surface area contributed by atoms with Crippen LogP contribution in [0.3, 0.4) is 0 Å². The minimum atomic E-state index is 0.522. The topological polar surface area (TPSA) is 48.1 Å². The van der Waals surface area contributed by atoms with Gasteiger partial charge in [-0.2, -0.15) is 5.26 Å². The first-order chi connectivity index (χ1) is 8.70. The molecule has 0 aromatic carbocycles. The third kappa shape index (κ3) is 3.09. The van der Waals surface area contributed by atoms with Crippen LogP contribution in [0.4, 0.5) is 0 Å². The van der Waals surface area contributed by atoms with Gasteiger partial charge in [-0.25, -0.2) is 4.98 Å². The molecule has 1 aliphatic rings. The quantitative estimate of drug-likeness (QED) is 0.791. The molecule has 1 saturated heterocycles. The summed E-state index contributed by atoms with van der Waals surface area (Å²) in [5, 5.41) is 8.62. The van der Waals surface area contributed by atoms with Gasteiger partial charge in [0.15, 0.2) is 0 Å². The van der Waals surface area contributed by atoms with Crippen LogP contribution in [0.25, 0.3) is 0 Å². The van der Waals surface area contributed by atoms with Gasteiger partial charge in [0.05, 0.1) is 12.6 Å². The van der Waals surface area contributed by atoms with Crippen LogP contribution in [0.5, 0.6) is 0 Å². The molecule has 0 N–H and O–H groups in total. The first-order valence-corrected chi connectivity index (χ1v) is 6.50. The molecule has 5 heteroatoms. The summed E-state index contributed by atoms with van der Waals surface area (Å²) in [5.74, 6) is 1.12. The van der Waals surface area contributed by atoms with Gasteiger partial charge >= 0.3 is 0 Å². The van der Waals surface area contributed by atoms with Crippen molar-refractivity contribution in [3.05, 3.63) is 18.2 Å². The minimum Gasteiger partial charge on any atom is -0.337 e. The largest absolute Gasteiger partial charge is 0.337 e. The first kappa shape index (κ1) is 13.1. The van der Waals surface area contributed by atoms with E-state index < -0.39 is 0 Å². The summed E-state index contributed by atoms with van der Waals surface area (Å²) < 4.78 is 2.08. The van der Waals surface area contributed by atoms with Crippen molar-refractivity contribution in [3.63, 3.8) is 0 Å². The van der Waals surface area contributed by atoms with Crippen LogP contribution in [0.2, 0.25) is 0 Å². The van der Waals surface area contributed by atoms with Crippen molar-refractivity contribution in [2.45, 2.75) is 25.9 Å². The predicted molar refractivity (Wildman–Crippen MR) is 69.8 cm³/mol. The van der Waals surface area contributed by atoms with Crippen molar-refractivity contribution < 1.29 is 0 Å². The highest BCUT2D eigenvalue weighted by atomic mass is 15.3. The molecule has 1 aliphatic heterocycles. The molecule has 2 rings (SSSR count). The summed E-state index contributed by atoms with van der Waals surface area (Å²) in [4.78, 5) is 9.22. The molecule has 0 radical (unpaired) electrons. The molecule has 2 heterocycles. The monoisotopic (exact) mass is 247 g/mol. The fourth-order valence-electron chi connectivity index (χ4n) is 2.45. The fraction of sp³-hybridized carbons (Fsp3) is 0.692. The van der Waals surface area contributed by atoms with Crippen molar-refractivity contribution >= 4 is 0 Å². The van der Waals surface area contributed by atoms with Crippen LogP contribution in [0.1, 0.15) is 19.2 Å². The van der Waals surface area contributed by atoms with E-state index in [1.165, 1.54) is 0 Å². The number of nitriles is 1. The molecular weight excluding hydrogens is 226 g/mol. The second-order valence-electron chi connectivity index (χ2n) is 4.98. The molecule has 1 aromatic rings. The van der Waals surface area contributed by atoms with E-state index in [2.05, 4.69) is 32.3 Å². The van der Waals surface area contributed by atoms with Gasteiger partial charge in [-0.1, -0.05) is 0 Å². The van der Waals surface area contributed by atoms with Crippen LogP contribution < -0.4 is 0 Å². The Balaban J connectivity index is 1.86. The molecule has 1 aromatic heterocycles. The second kappa shape index (κ2) is 5.98. The fourth-order valence-corrected chi connectivity index (χ4v) is 2.45. The lowest BCUT2D eigenvalue weighted by molar-refractivity contribution is 0.0764. The zero-order valence-electron chi connectivity index (χ0n) is 11.2. The van der Waals surface area contributed by atoms with E-state index in [4.69, 9.17) is 5.26 Å². The maximum atomic E-state index is 8.62. The zero-order valence-corrected chi connectivity index (χ0v) is 11.2. The molecule has 1 fully saturated rings. The number of hydrogen-bond donors (Lipinski definition) is 0. The van der Waals surface area contributed by atoms with Crippen LogP contribution in [-0.2, 0) is 13.6 Å². The normalized spacial score (nSPS) is 21.9. The van der Waals surface area contributed by atoms with E-state index in [-0.39, 0.29) is 0 Å². The summed E-state index contributed by atoms with van der Waals surface area (Å²) in [6, 6.07) is 2.74. The summed E-state index contributed by atoms with van der Waals surface area (Å²) in [6.07, 6.45) is 4.47. The molecule has 0 spiro atoms. The average molecular weight is 247 g/mol. The first-order valence-electron chi connectivity index (χ1n) is 6.50. The molecule has 5 nitrogen and oxygen atoms in total. The average Bonchev–Trinajstić information content (AvgIpc) is 2.75. The number of aromatic nitrogens is 2. The third-order valence-electron chi connectivity index (χ3n) is 3.65. The highest BCUT2D eigenvalue weighted by Crippen LogP contribution is 2.12. The Morgan fingerprint density at radius 1 is 1.50 bits per heavy atom. The lowest BCUT2D eigenvalue weighted by Crippen LogP contribution is -2.51. The van der Waals surface area contributed by atoms with E-state index >= 15 is 0 Å². The summed E-state index contributed by atoms with van der Waals surface area (Å²) >= 11 is 0. The van der Waals surface area contributed by atoms with Gasteiger partial charge in [0, 0.05) is 58.1 Å². The number of piperazine rings is 1. The van der Waals surface area contributed by atoms with E-state index in [9.17, 15) is 0 Å². The zero-order chi connectivity index (χ0) is 13.0. The highest BCUT2D eigenvalue weighted by Gasteiger charge is 2.24. The summed E-state index contributed by atoms with van der Waals surface area (Å²) in [5.41, 5.74) is 0. The molecule has 0 aliphatic carbocycles. The van der Waals surface area contributed by atoms with E-state index in [0.717, 1.165) is 38.5 Å². The summed E-state index contributed by atoms with van der Waals surface area (Å²) in [6.45, 7) is 7.22. The number of hydrogen-bond acceptors (Lipinski definition) is 4. The molecule has 0 unspecified atom stereocenters. The Morgan fingerprint density at radius 3 is 2.94 bits per heavy atom. The Bertz CT molecular complexity index is 419. The number of aryl methyl sites for hydroxylation is 1. The molecular formula is C13H21N5.